The highest BCUT2D eigenvalue weighted by molar-refractivity contribution is 9.10. The third-order valence-electron chi connectivity index (χ3n) is 3.72. The molecule has 1 N–H and O–H groups in total. The molecule has 1 aromatic rings. The smallest absolute Gasteiger partial charge is 0.0175 e. The number of hydrogen-bond acceptors (Lipinski definition) is 2. The number of rotatable bonds is 6. The third kappa shape index (κ3) is 4.71. The second-order valence-corrected chi connectivity index (χ2v) is 6.18. The maximum absolute atomic E-state index is 3.56. The SMILES string of the molecule is CN(CCc1ccc(Br)cc1)CCC1CCCN1. The molecule has 1 heterocycles. The molecular weight excluding hydrogens is 288 g/mol. The summed E-state index contributed by atoms with van der Waals surface area (Å²) in [5, 5.41) is 3.56. The Hall–Kier alpha value is -0.380. The van der Waals surface area contributed by atoms with Gasteiger partial charge >= 0.3 is 0 Å². The van der Waals surface area contributed by atoms with Crippen LogP contribution >= 0.6 is 15.9 Å². The fourth-order valence-corrected chi connectivity index (χ4v) is 2.73. The minimum Gasteiger partial charge on any atom is -0.314 e. The van der Waals surface area contributed by atoms with E-state index in [1.807, 2.05) is 0 Å². The number of likely N-dealkylation sites (N-methyl/N-ethyl adjacent to an activating group) is 1. The summed E-state index contributed by atoms with van der Waals surface area (Å²) in [5.41, 5.74) is 1.42. The molecule has 0 spiro atoms. The van der Waals surface area contributed by atoms with Gasteiger partial charge in [-0.05, 0) is 63.5 Å². The molecule has 18 heavy (non-hydrogen) atoms. The summed E-state index contributed by atoms with van der Waals surface area (Å²) in [4.78, 5) is 2.45. The van der Waals surface area contributed by atoms with Gasteiger partial charge in [0, 0.05) is 17.1 Å². The third-order valence-corrected chi connectivity index (χ3v) is 4.25. The molecule has 1 saturated heterocycles. The molecule has 1 atom stereocenters. The van der Waals surface area contributed by atoms with E-state index in [0.29, 0.717) is 0 Å². The Balaban J connectivity index is 1.64. The lowest BCUT2D eigenvalue weighted by Crippen LogP contribution is -2.29. The van der Waals surface area contributed by atoms with Crippen LogP contribution in [0.5, 0.6) is 0 Å². The quantitative estimate of drug-likeness (QED) is 0.868. The van der Waals surface area contributed by atoms with Crippen LogP contribution in [0, 0.1) is 0 Å². The number of nitrogens with one attached hydrogen (secondary N) is 1. The molecule has 100 valence electrons. The van der Waals surface area contributed by atoms with Gasteiger partial charge in [-0.15, -0.1) is 0 Å². The van der Waals surface area contributed by atoms with Gasteiger partial charge in [-0.1, -0.05) is 28.1 Å². The van der Waals surface area contributed by atoms with Crippen LogP contribution in [0.1, 0.15) is 24.8 Å². The zero-order chi connectivity index (χ0) is 12.8. The molecule has 0 radical (unpaired) electrons. The van der Waals surface area contributed by atoms with Gasteiger partial charge in [0.1, 0.15) is 0 Å². The molecule has 0 aliphatic carbocycles. The first kappa shape index (κ1) is 14.0. The molecule has 0 bridgehead atoms. The van der Waals surface area contributed by atoms with Crippen LogP contribution in [0.4, 0.5) is 0 Å². The van der Waals surface area contributed by atoms with E-state index in [2.05, 4.69) is 57.5 Å². The molecule has 1 aromatic carbocycles. The van der Waals surface area contributed by atoms with Gasteiger partial charge in [0.05, 0.1) is 0 Å². The molecule has 2 rings (SSSR count). The van der Waals surface area contributed by atoms with Crippen molar-refractivity contribution in [2.45, 2.75) is 31.7 Å². The summed E-state index contributed by atoms with van der Waals surface area (Å²) in [7, 11) is 2.23. The average molecular weight is 311 g/mol. The molecule has 2 nitrogen and oxygen atoms in total. The van der Waals surface area contributed by atoms with Crippen LogP contribution in [0.2, 0.25) is 0 Å². The van der Waals surface area contributed by atoms with E-state index in [4.69, 9.17) is 0 Å². The second-order valence-electron chi connectivity index (χ2n) is 5.26. The van der Waals surface area contributed by atoms with Gasteiger partial charge in [0.25, 0.3) is 0 Å². The van der Waals surface area contributed by atoms with Gasteiger partial charge in [-0.25, -0.2) is 0 Å². The van der Waals surface area contributed by atoms with E-state index >= 15 is 0 Å². The van der Waals surface area contributed by atoms with E-state index in [9.17, 15) is 0 Å². The van der Waals surface area contributed by atoms with Crippen molar-refractivity contribution in [3.05, 3.63) is 34.3 Å². The Labute approximate surface area is 119 Å². The summed E-state index contributed by atoms with van der Waals surface area (Å²) in [6.45, 7) is 3.57. The topological polar surface area (TPSA) is 15.3 Å². The molecule has 0 aromatic heterocycles. The van der Waals surface area contributed by atoms with E-state index in [-0.39, 0.29) is 0 Å². The fraction of sp³-hybridized carbons (Fsp3) is 0.600. The second kappa shape index (κ2) is 7.27. The Bertz CT molecular complexity index is 344. The van der Waals surface area contributed by atoms with E-state index in [0.717, 1.165) is 23.5 Å². The monoisotopic (exact) mass is 310 g/mol. The maximum Gasteiger partial charge on any atom is 0.0175 e. The van der Waals surface area contributed by atoms with Gasteiger partial charge < -0.3 is 10.2 Å². The highest BCUT2D eigenvalue weighted by Crippen LogP contribution is 2.12. The van der Waals surface area contributed by atoms with Crippen molar-refractivity contribution in [3.63, 3.8) is 0 Å². The highest BCUT2D eigenvalue weighted by atomic mass is 79.9. The van der Waals surface area contributed by atoms with Crippen LogP contribution in [-0.2, 0) is 6.42 Å². The van der Waals surface area contributed by atoms with Gasteiger partial charge in [0.15, 0.2) is 0 Å². The van der Waals surface area contributed by atoms with Gasteiger partial charge in [-0.3, -0.25) is 0 Å². The van der Waals surface area contributed by atoms with Crippen molar-refractivity contribution < 1.29 is 0 Å². The fourth-order valence-electron chi connectivity index (χ4n) is 2.46. The zero-order valence-corrected chi connectivity index (χ0v) is 12.7. The minimum atomic E-state index is 0.764. The van der Waals surface area contributed by atoms with E-state index in [1.54, 1.807) is 0 Å². The molecule has 1 aliphatic rings. The Morgan fingerprint density at radius 1 is 1.28 bits per heavy atom. The molecule has 1 unspecified atom stereocenters. The summed E-state index contributed by atoms with van der Waals surface area (Å²) in [5.74, 6) is 0. The lowest BCUT2D eigenvalue weighted by molar-refractivity contribution is 0.316. The maximum atomic E-state index is 3.56. The molecule has 0 amide bonds. The van der Waals surface area contributed by atoms with E-state index < -0.39 is 0 Å². The summed E-state index contributed by atoms with van der Waals surface area (Å²) < 4.78 is 1.16. The van der Waals surface area contributed by atoms with Crippen molar-refractivity contribution in [1.82, 2.24) is 10.2 Å². The average Bonchev–Trinajstić information content (AvgIpc) is 2.89. The number of hydrogen-bond donors (Lipinski definition) is 1. The predicted molar refractivity (Wildman–Crippen MR) is 81.0 cm³/mol. The Morgan fingerprint density at radius 2 is 2.06 bits per heavy atom. The first-order valence-corrected chi connectivity index (χ1v) is 7.70. The molecular formula is C15H23BrN2. The molecule has 1 aliphatic heterocycles. The number of benzene rings is 1. The largest absolute Gasteiger partial charge is 0.314 e. The first-order valence-electron chi connectivity index (χ1n) is 6.90. The minimum absolute atomic E-state index is 0.764. The summed E-state index contributed by atoms with van der Waals surface area (Å²) in [6, 6.07) is 9.42. The van der Waals surface area contributed by atoms with Crippen LogP contribution in [0.3, 0.4) is 0 Å². The molecule has 3 heteroatoms. The van der Waals surface area contributed by atoms with Crippen LogP contribution < -0.4 is 5.32 Å². The van der Waals surface area contributed by atoms with Crippen molar-refractivity contribution in [1.29, 1.82) is 0 Å². The summed E-state index contributed by atoms with van der Waals surface area (Å²) >= 11 is 3.47. The predicted octanol–water partition coefficient (Wildman–Crippen LogP) is 3.07. The van der Waals surface area contributed by atoms with Crippen molar-refractivity contribution in [3.8, 4) is 0 Å². The highest BCUT2D eigenvalue weighted by Gasteiger charge is 2.13. The summed E-state index contributed by atoms with van der Waals surface area (Å²) in [6.07, 6.45) is 5.15. The standard InChI is InChI=1S/C15H23BrN2/c1-18(12-9-15-3-2-10-17-15)11-8-13-4-6-14(16)7-5-13/h4-7,15,17H,2-3,8-12H2,1H3. The van der Waals surface area contributed by atoms with Crippen molar-refractivity contribution in [2.24, 2.45) is 0 Å². The molecule has 0 saturated carbocycles. The van der Waals surface area contributed by atoms with E-state index in [1.165, 1.54) is 37.9 Å². The van der Waals surface area contributed by atoms with Gasteiger partial charge in [0.2, 0.25) is 0 Å². The lowest BCUT2D eigenvalue weighted by atomic mass is 10.1. The van der Waals surface area contributed by atoms with Crippen molar-refractivity contribution in [2.75, 3.05) is 26.7 Å². The molecule has 1 fully saturated rings. The normalized spacial score (nSPS) is 19.6. The Morgan fingerprint density at radius 3 is 2.72 bits per heavy atom. The zero-order valence-electron chi connectivity index (χ0n) is 11.2. The first-order chi connectivity index (χ1) is 8.74. The van der Waals surface area contributed by atoms with Gasteiger partial charge in [-0.2, -0.15) is 0 Å². The number of nitrogens with zero attached hydrogens (tertiary/aromatic N) is 1. The lowest BCUT2D eigenvalue weighted by Gasteiger charge is -2.19. The Kier molecular flexibility index (Phi) is 5.67. The van der Waals surface area contributed by atoms with Crippen LogP contribution in [0.25, 0.3) is 0 Å². The van der Waals surface area contributed by atoms with Crippen LogP contribution in [-0.4, -0.2) is 37.6 Å². The number of halogens is 1. The van der Waals surface area contributed by atoms with Crippen LogP contribution in [0.15, 0.2) is 28.7 Å². The van der Waals surface area contributed by atoms with Crippen molar-refractivity contribution >= 4 is 15.9 Å².